The van der Waals surface area contributed by atoms with Gasteiger partial charge in [0, 0.05) is 36.5 Å². The van der Waals surface area contributed by atoms with Crippen molar-refractivity contribution in [3.05, 3.63) is 52.6 Å². The molecule has 0 spiro atoms. The Hall–Kier alpha value is -3.39. The molecule has 0 saturated carbocycles. The molecule has 40 heavy (non-hydrogen) atoms. The number of aliphatic imine (C=N–C) groups is 1. The zero-order valence-electron chi connectivity index (χ0n) is 22.4. The van der Waals surface area contributed by atoms with E-state index in [1.54, 1.807) is 30.4 Å². The summed E-state index contributed by atoms with van der Waals surface area (Å²) in [5.74, 6) is 0.954. The molecule has 4 heterocycles. The number of hydrogen-bond donors (Lipinski definition) is 3. The Morgan fingerprint density at radius 1 is 1.30 bits per heavy atom. The molecule has 1 fully saturated rings. The number of piperidine rings is 1. The van der Waals surface area contributed by atoms with Crippen LogP contribution in [0.5, 0.6) is 0 Å². The summed E-state index contributed by atoms with van der Waals surface area (Å²) in [5.41, 5.74) is 1.10. The van der Waals surface area contributed by atoms with Crippen LogP contribution < -0.4 is 10.6 Å². The van der Waals surface area contributed by atoms with Gasteiger partial charge in [0.2, 0.25) is 5.91 Å². The third kappa shape index (κ3) is 7.02. The molecular weight excluding hydrogens is 537 g/mol. The molecule has 1 aromatic carbocycles. The van der Waals surface area contributed by atoms with E-state index in [2.05, 4.69) is 30.6 Å². The zero-order chi connectivity index (χ0) is 27.9. The number of methoxy groups -OCH3 is 1. The van der Waals surface area contributed by atoms with Crippen molar-refractivity contribution in [2.45, 2.75) is 31.8 Å². The average molecular weight is 572 g/mol. The number of aromatic nitrogens is 1. The standard InChI is InChI=1S/C27H34FN7O4S/c1-38-25-22(39-11-3-8-34-9-6-18(16-36)7-10-34)15-35-24(25)26(30-17-31-35)33-27-29-14-21(40-27)13-23(37)32-20-5-2-4-19(28)12-20/h2,4-5,12,14,17-18,22,36H,3,6-11,13,15-16H2,1H3,(H,32,37)(H,29,30,31,33). The number of benzene rings is 1. The van der Waals surface area contributed by atoms with Gasteiger partial charge in [0.05, 0.1) is 20.1 Å². The van der Waals surface area contributed by atoms with E-state index in [4.69, 9.17) is 9.47 Å². The number of ether oxygens (including phenoxy) is 2. The molecule has 1 saturated heterocycles. The summed E-state index contributed by atoms with van der Waals surface area (Å²) in [6.07, 6.45) is 5.93. The van der Waals surface area contributed by atoms with Gasteiger partial charge in [-0.25, -0.2) is 14.4 Å². The molecular formula is C27H34FN7O4S. The minimum atomic E-state index is -0.410. The first-order valence-electron chi connectivity index (χ1n) is 13.4. The number of nitrogens with one attached hydrogen (secondary N) is 2. The minimum absolute atomic E-state index is 0.108. The molecule has 11 nitrogen and oxygen atoms in total. The number of rotatable bonds is 11. The fourth-order valence-corrected chi connectivity index (χ4v) is 5.80. The van der Waals surface area contributed by atoms with Gasteiger partial charge in [-0.2, -0.15) is 5.10 Å². The van der Waals surface area contributed by atoms with E-state index in [0.29, 0.717) is 47.2 Å². The molecule has 1 amide bonds. The van der Waals surface area contributed by atoms with Gasteiger partial charge in [-0.3, -0.25) is 9.80 Å². The van der Waals surface area contributed by atoms with Crippen LogP contribution in [0.4, 0.5) is 15.2 Å². The molecule has 0 radical (unpaired) electrons. The first kappa shape index (κ1) is 28.1. The number of aliphatic hydroxyl groups is 1. The van der Waals surface area contributed by atoms with Gasteiger partial charge in [0.25, 0.3) is 0 Å². The summed E-state index contributed by atoms with van der Waals surface area (Å²) >= 11 is 1.33. The molecule has 3 N–H and O–H groups in total. The van der Waals surface area contributed by atoms with Gasteiger partial charge >= 0.3 is 0 Å². The first-order valence-corrected chi connectivity index (χ1v) is 14.2. The average Bonchev–Trinajstić information content (AvgIpc) is 3.55. The summed E-state index contributed by atoms with van der Waals surface area (Å²) < 4.78 is 25.3. The number of aliphatic hydroxyl groups excluding tert-OH is 1. The Kier molecular flexibility index (Phi) is 9.37. The van der Waals surface area contributed by atoms with Gasteiger partial charge in [-0.15, -0.1) is 11.3 Å². The van der Waals surface area contributed by atoms with E-state index in [1.807, 2.05) is 0 Å². The van der Waals surface area contributed by atoms with Crippen LogP contribution in [0.3, 0.4) is 0 Å². The summed E-state index contributed by atoms with van der Waals surface area (Å²) in [6, 6.07) is 5.78. The highest BCUT2D eigenvalue weighted by Crippen LogP contribution is 2.30. The number of halogens is 1. The van der Waals surface area contributed by atoms with Crippen molar-refractivity contribution in [2.24, 2.45) is 16.0 Å². The predicted octanol–water partition coefficient (Wildman–Crippen LogP) is 2.88. The number of thiazole rings is 1. The lowest BCUT2D eigenvalue weighted by atomic mass is 9.98. The van der Waals surface area contributed by atoms with E-state index >= 15 is 0 Å². The maximum Gasteiger partial charge on any atom is 0.229 e. The SMILES string of the molecule is COC1=C2C(Nc3ncc(CC(=O)Nc4cccc(F)c4)s3)=NC=NN2CC1OCCCN1CCC(CO)CC1. The van der Waals surface area contributed by atoms with Gasteiger partial charge in [-0.1, -0.05) is 6.07 Å². The first-order chi connectivity index (χ1) is 19.5. The van der Waals surface area contributed by atoms with Crippen LogP contribution in [-0.4, -0.2) is 90.7 Å². The van der Waals surface area contributed by atoms with E-state index in [0.717, 1.165) is 43.8 Å². The highest BCUT2D eigenvalue weighted by Gasteiger charge is 2.38. The molecule has 13 heteroatoms. The maximum absolute atomic E-state index is 13.4. The number of nitrogens with zero attached hydrogens (tertiary/aromatic N) is 5. The van der Waals surface area contributed by atoms with Crippen LogP contribution >= 0.6 is 11.3 Å². The van der Waals surface area contributed by atoms with E-state index < -0.39 is 5.82 Å². The number of carbonyl (C=O) groups is 1. The zero-order valence-corrected chi connectivity index (χ0v) is 23.2. The molecule has 1 unspecified atom stereocenters. The molecule has 3 aliphatic heterocycles. The number of amidine groups is 1. The van der Waals surface area contributed by atoms with Crippen molar-refractivity contribution in [1.29, 1.82) is 0 Å². The van der Waals surface area contributed by atoms with Crippen LogP contribution in [0.2, 0.25) is 0 Å². The topological polar surface area (TPSA) is 124 Å². The lowest BCUT2D eigenvalue weighted by Gasteiger charge is -2.31. The Labute approximate surface area is 236 Å². The fraction of sp³-hybridized carbons (Fsp3) is 0.481. The third-order valence-corrected chi connectivity index (χ3v) is 7.98. The van der Waals surface area contributed by atoms with Crippen molar-refractivity contribution in [3.63, 3.8) is 0 Å². The van der Waals surface area contributed by atoms with Crippen molar-refractivity contribution >= 4 is 40.2 Å². The van der Waals surface area contributed by atoms with Crippen LogP contribution in [0.1, 0.15) is 24.1 Å². The van der Waals surface area contributed by atoms with Gasteiger partial charge in [-0.05, 0) is 56.5 Å². The Morgan fingerprint density at radius 2 is 2.15 bits per heavy atom. The van der Waals surface area contributed by atoms with Gasteiger partial charge in [0.15, 0.2) is 16.7 Å². The van der Waals surface area contributed by atoms with E-state index in [9.17, 15) is 14.3 Å². The molecule has 3 aliphatic rings. The molecule has 1 atom stereocenters. The lowest BCUT2D eigenvalue weighted by molar-refractivity contribution is -0.115. The number of fused-ring (bicyclic) bond motifs is 1. The number of likely N-dealkylation sites (tertiary alicyclic amines) is 1. The number of amides is 1. The van der Waals surface area contributed by atoms with E-state index in [-0.39, 0.29) is 25.0 Å². The smallest absolute Gasteiger partial charge is 0.229 e. The predicted molar refractivity (Wildman–Crippen MR) is 152 cm³/mol. The molecule has 0 bridgehead atoms. The monoisotopic (exact) mass is 571 g/mol. The number of carbonyl (C=O) groups excluding carboxylic acids is 1. The Morgan fingerprint density at radius 3 is 2.92 bits per heavy atom. The highest BCUT2D eigenvalue weighted by molar-refractivity contribution is 7.15. The van der Waals surface area contributed by atoms with Crippen LogP contribution in [0, 0.1) is 11.7 Å². The molecule has 0 aliphatic carbocycles. The number of anilines is 2. The van der Waals surface area contributed by atoms with Gasteiger partial charge < -0.3 is 30.1 Å². The summed E-state index contributed by atoms with van der Waals surface area (Å²) in [7, 11) is 1.61. The Balaban J connectivity index is 1.14. The lowest BCUT2D eigenvalue weighted by Crippen LogP contribution is -2.36. The minimum Gasteiger partial charge on any atom is -0.496 e. The van der Waals surface area contributed by atoms with Gasteiger partial charge in [0.1, 0.15) is 24.0 Å². The fourth-order valence-electron chi connectivity index (χ4n) is 4.99. The van der Waals surface area contributed by atoms with Crippen molar-refractivity contribution in [1.82, 2.24) is 14.9 Å². The van der Waals surface area contributed by atoms with Crippen molar-refractivity contribution in [3.8, 4) is 0 Å². The Bertz CT molecular complexity index is 1280. The quantitative estimate of drug-likeness (QED) is 0.352. The second kappa shape index (κ2) is 13.3. The number of hydrazone groups is 1. The summed E-state index contributed by atoms with van der Waals surface area (Å²) in [5, 5.41) is 22.0. The maximum atomic E-state index is 13.4. The summed E-state index contributed by atoms with van der Waals surface area (Å²) in [6.45, 7) is 4.40. The van der Waals surface area contributed by atoms with Crippen molar-refractivity contribution in [2.75, 3.05) is 57.1 Å². The largest absolute Gasteiger partial charge is 0.496 e. The van der Waals surface area contributed by atoms with Crippen LogP contribution in [-0.2, 0) is 20.7 Å². The molecule has 1 aromatic heterocycles. The van der Waals surface area contributed by atoms with Crippen molar-refractivity contribution < 1.29 is 23.8 Å². The second-order valence-corrected chi connectivity index (χ2v) is 11.0. The molecule has 2 aromatic rings. The molecule has 5 rings (SSSR count). The summed E-state index contributed by atoms with van der Waals surface area (Å²) in [4.78, 5) is 24.4. The second-order valence-electron chi connectivity index (χ2n) is 9.88. The van der Waals surface area contributed by atoms with Crippen LogP contribution in [0.25, 0.3) is 0 Å². The van der Waals surface area contributed by atoms with E-state index in [1.165, 1.54) is 29.8 Å². The highest BCUT2D eigenvalue weighted by atomic mass is 32.1. The number of hydrogen-bond acceptors (Lipinski definition) is 11. The van der Waals surface area contributed by atoms with Crippen LogP contribution in [0.15, 0.2) is 52.0 Å². The normalized spacial score (nSPS) is 19.5. The third-order valence-electron chi connectivity index (χ3n) is 7.07. The molecule has 214 valence electrons.